The van der Waals surface area contributed by atoms with Gasteiger partial charge in [0, 0.05) is 22.0 Å². The molecule has 0 atom stereocenters. The number of hydrogen-bond acceptors (Lipinski definition) is 1. The minimum atomic E-state index is -0.0336. The number of pyridine rings is 1. The van der Waals surface area contributed by atoms with Crippen molar-refractivity contribution in [3.8, 4) is 11.1 Å². The summed E-state index contributed by atoms with van der Waals surface area (Å²) in [5.41, 5.74) is 6.85. The normalized spacial score (nSPS) is 11.4. The number of nitrogens with one attached hydrogen (secondary N) is 2. The molecule has 4 aromatic rings. The van der Waals surface area contributed by atoms with Gasteiger partial charge in [0.2, 0.25) is 0 Å². The van der Waals surface area contributed by atoms with E-state index in [9.17, 15) is 4.79 Å². The van der Waals surface area contributed by atoms with E-state index in [1.54, 1.807) is 0 Å². The average molecular weight is 288 g/mol. The fraction of sp³-hybridized carbons (Fsp3) is 0.105. The molecule has 2 N–H and O–H groups in total. The van der Waals surface area contributed by atoms with Gasteiger partial charge in [0.05, 0.1) is 11.0 Å². The highest BCUT2D eigenvalue weighted by molar-refractivity contribution is 6.10. The van der Waals surface area contributed by atoms with Gasteiger partial charge in [-0.25, -0.2) is 0 Å². The molecule has 0 aliphatic carbocycles. The van der Waals surface area contributed by atoms with E-state index in [0.717, 1.165) is 38.6 Å². The van der Waals surface area contributed by atoms with E-state index in [1.807, 2.05) is 37.3 Å². The lowest BCUT2D eigenvalue weighted by Gasteiger charge is -2.08. The highest BCUT2D eigenvalue weighted by Crippen LogP contribution is 2.32. The number of aryl methyl sites for hydroxylation is 1. The second-order valence-corrected chi connectivity index (χ2v) is 5.74. The summed E-state index contributed by atoms with van der Waals surface area (Å²) in [5, 5.41) is 1.04. The third kappa shape index (κ3) is 1.79. The fourth-order valence-electron chi connectivity index (χ4n) is 3.13. The Hall–Kier alpha value is -2.81. The van der Waals surface area contributed by atoms with Gasteiger partial charge in [-0.05, 0) is 25.5 Å². The number of H-pyrrole nitrogens is 2. The fourth-order valence-corrected chi connectivity index (χ4v) is 3.13. The van der Waals surface area contributed by atoms with Crippen LogP contribution in [0.1, 0.15) is 11.1 Å². The van der Waals surface area contributed by atoms with Gasteiger partial charge in [-0.2, -0.15) is 0 Å². The minimum Gasteiger partial charge on any atom is -0.353 e. The van der Waals surface area contributed by atoms with Crippen LogP contribution in [0.3, 0.4) is 0 Å². The minimum absolute atomic E-state index is 0.0336. The van der Waals surface area contributed by atoms with Crippen molar-refractivity contribution in [3.63, 3.8) is 0 Å². The van der Waals surface area contributed by atoms with Crippen LogP contribution in [0.4, 0.5) is 0 Å². The van der Waals surface area contributed by atoms with Gasteiger partial charge < -0.3 is 9.97 Å². The van der Waals surface area contributed by atoms with E-state index in [2.05, 4.69) is 35.1 Å². The Morgan fingerprint density at radius 2 is 1.68 bits per heavy atom. The molecule has 0 saturated heterocycles. The first kappa shape index (κ1) is 12.9. The summed E-state index contributed by atoms with van der Waals surface area (Å²) in [6.45, 7) is 3.94. The molecule has 4 rings (SSSR count). The van der Waals surface area contributed by atoms with Gasteiger partial charge in [-0.15, -0.1) is 0 Å². The van der Waals surface area contributed by atoms with Crippen molar-refractivity contribution in [1.29, 1.82) is 0 Å². The zero-order chi connectivity index (χ0) is 15.3. The Balaban J connectivity index is 2.21. The zero-order valence-corrected chi connectivity index (χ0v) is 12.5. The van der Waals surface area contributed by atoms with Gasteiger partial charge in [-0.1, -0.05) is 48.0 Å². The highest BCUT2D eigenvalue weighted by atomic mass is 16.1. The van der Waals surface area contributed by atoms with Gasteiger partial charge >= 0.3 is 0 Å². The van der Waals surface area contributed by atoms with E-state index in [4.69, 9.17) is 0 Å². The molecule has 3 nitrogen and oxygen atoms in total. The first-order valence-corrected chi connectivity index (χ1v) is 7.35. The second kappa shape index (κ2) is 4.60. The second-order valence-electron chi connectivity index (χ2n) is 5.74. The number of rotatable bonds is 1. The van der Waals surface area contributed by atoms with E-state index in [1.165, 1.54) is 5.56 Å². The van der Waals surface area contributed by atoms with Gasteiger partial charge in [0.25, 0.3) is 5.56 Å². The van der Waals surface area contributed by atoms with Crippen molar-refractivity contribution in [3.05, 3.63) is 70.0 Å². The number of para-hydroxylation sites is 1. The Kier molecular flexibility index (Phi) is 2.70. The molecule has 22 heavy (non-hydrogen) atoms. The predicted octanol–water partition coefficient (Wildman–Crippen LogP) is 4.29. The number of fused-ring (bicyclic) bond motifs is 3. The lowest BCUT2D eigenvalue weighted by Crippen LogP contribution is -2.10. The van der Waals surface area contributed by atoms with Crippen LogP contribution in [-0.4, -0.2) is 9.97 Å². The van der Waals surface area contributed by atoms with Crippen LogP contribution in [0.15, 0.2) is 53.3 Å². The lowest BCUT2D eigenvalue weighted by atomic mass is 9.99. The monoisotopic (exact) mass is 288 g/mol. The molecule has 2 aromatic carbocycles. The Bertz CT molecular complexity index is 1070. The van der Waals surface area contributed by atoms with E-state index < -0.39 is 0 Å². The van der Waals surface area contributed by atoms with E-state index in [0.29, 0.717) is 0 Å². The van der Waals surface area contributed by atoms with Crippen molar-refractivity contribution < 1.29 is 0 Å². The van der Waals surface area contributed by atoms with Crippen LogP contribution in [0.5, 0.6) is 0 Å². The predicted molar refractivity (Wildman–Crippen MR) is 91.3 cm³/mol. The molecule has 0 spiro atoms. The summed E-state index contributed by atoms with van der Waals surface area (Å²) in [4.78, 5) is 18.9. The smallest absolute Gasteiger partial charge is 0.252 e. The molecular weight excluding hydrogens is 272 g/mol. The molecule has 0 fully saturated rings. The quantitative estimate of drug-likeness (QED) is 0.539. The van der Waals surface area contributed by atoms with Crippen LogP contribution < -0.4 is 5.56 Å². The summed E-state index contributed by atoms with van der Waals surface area (Å²) >= 11 is 0. The molecule has 0 aliphatic rings. The molecule has 2 aromatic heterocycles. The van der Waals surface area contributed by atoms with Gasteiger partial charge in [-0.3, -0.25) is 4.79 Å². The molecule has 0 saturated carbocycles. The molecule has 3 heteroatoms. The van der Waals surface area contributed by atoms with Gasteiger partial charge in [0.15, 0.2) is 0 Å². The number of aromatic amines is 2. The van der Waals surface area contributed by atoms with Crippen LogP contribution in [-0.2, 0) is 0 Å². The molecule has 0 radical (unpaired) electrons. The van der Waals surface area contributed by atoms with Gasteiger partial charge in [0.1, 0.15) is 0 Å². The summed E-state index contributed by atoms with van der Waals surface area (Å²) in [5.74, 6) is 0. The van der Waals surface area contributed by atoms with Crippen LogP contribution >= 0.6 is 0 Å². The Morgan fingerprint density at radius 1 is 0.864 bits per heavy atom. The number of aromatic nitrogens is 2. The van der Waals surface area contributed by atoms with Crippen molar-refractivity contribution in [2.75, 3.05) is 0 Å². The standard InChI is InChI=1S/C19H16N2O/c1-11-6-5-7-13(10-11)16-12(2)19(22)21-17-14-8-3-4-9-15(14)20-18(16)17/h3-10,20H,1-2H3,(H,21,22). The lowest BCUT2D eigenvalue weighted by molar-refractivity contribution is 1.24. The first-order valence-electron chi connectivity index (χ1n) is 7.35. The number of hydrogen-bond donors (Lipinski definition) is 2. The topological polar surface area (TPSA) is 48.6 Å². The largest absolute Gasteiger partial charge is 0.353 e. The van der Waals surface area contributed by atoms with Crippen molar-refractivity contribution >= 4 is 21.9 Å². The summed E-state index contributed by atoms with van der Waals surface area (Å²) in [6, 6.07) is 16.3. The van der Waals surface area contributed by atoms with Crippen molar-refractivity contribution in [2.45, 2.75) is 13.8 Å². The Labute approximate surface area is 127 Å². The third-order valence-corrected chi connectivity index (χ3v) is 4.22. The number of benzene rings is 2. The summed E-state index contributed by atoms with van der Waals surface area (Å²) < 4.78 is 0. The Morgan fingerprint density at radius 3 is 2.50 bits per heavy atom. The molecule has 0 unspecified atom stereocenters. The van der Waals surface area contributed by atoms with Crippen molar-refractivity contribution in [1.82, 2.24) is 9.97 Å². The summed E-state index contributed by atoms with van der Waals surface area (Å²) in [6.07, 6.45) is 0. The van der Waals surface area contributed by atoms with Crippen molar-refractivity contribution in [2.24, 2.45) is 0 Å². The molecular formula is C19H16N2O. The maximum atomic E-state index is 12.4. The summed E-state index contributed by atoms with van der Waals surface area (Å²) in [7, 11) is 0. The van der Waals surface area contributed by atoms with E-state index >= 15 is 0 Å². The zero-order valence-electron chi connectivity index (χ0n) is 12.5. The molecule has 0 amide bonds. The maximum absolute atomic E-state index is 12.4. The van der Waals surface area contributed by atoms with E-state index in [-0.39, 0.29) is 5.56 Å². The average Bonchev–Trinajstić information content (AvgIpc) is 2.86. The maximum Gasteiger partial charge on any atom is 0.252 e. The van der Waals surface area contributed by atoms with Crippen LogP contribution in [0, 0.1) is 13.8 Å². The molecule has 2 heterocycles. The third-order valence-electron chi connectivity index (χ3n) is 4.22. The molecule has 0 aliphatic heterocycles. The highest BCUT2D eigenvalue weighted by Gasteiger charge is 2.15. The van der Waals surface area contributed by atoms with Crippen LogP contribution in [0.25, 0.3) is 33.1 Å². The molecule has 108 valence electrons. The first-order chi connectivity index (χ1) is 10.6. The van der Waals surface area contributed by atoms with Crippen LogP contribution in [0.2, 0.25) is 0 Å². The molecule has 0 bridgehead atoms. The SMILES string of the molecule is Cc1cccc(-c2c(C)c(=O)[nH]c3c2[nH]c2ccccc23)c1.